The first-order valence-corrected chi connectivity index (χ1v) is 6.82. The minimum atomic E-state index is -3.13. The third kappa shape index (κ3) is 3.08. The molecule has 0 aliphatic heterocycles. The lowest BCUT2D eigenvalue weighted by Crippen LogP contribution is -2.29. The predicted octanol–water partition coefficient (Wildman–Crippen LogP) is 1.88. The van der Waals surface area contributed by atoms with E-state index in [0.717, 1.165) is 4.88 Å². The molecular weight excluding hydrogens is 218 g/mol. The maximum Gasteiger partial charge on any atom is 0.214 e. The zero-order valence-electron chi connectivity index (χ0n) is 8.57. The van der Waals surface area contributed by atoms with Crippen molar-refractivity contribution in [2.75, 3.05) is 0 Å². The Morgan fingerprint density at radius 3 is 2.50 bits per heavy atom. The number of aryl methyl sites for hydroxylation is 1. The second-order valence-electron chi connectivity index (χ2n) is 3.43. The second-order valence-corrected chi connectivity index (χ2v) is 7.12. The molecule has 1 heterocycles. The van der Waals surface area contributed by atoms with Gasteiger partial charge in [0, 0.05) is 16.3 Å². The van der Waals surface area contributed by atoms with E-state index >= 15 is 0 Å². The van der Waals surface area contributed by atoms with Crippen molar-refractivity contribution in [2.24, 2.45) is 0 Å². The van der Waals surface area contributed by atoms with Gasteiger partial charge in [-0.1, -0.05) is 0 Å². The Morgan fingerprint density at radius 2 is 2.07 bits per heavy atom. The fourth-order valence-corrected chi connectivity index (χ4v) is 2.53. The molecule has 0 amide bonds. The minimum absolute atomic E-state index is 0.372. The number of sulfonamides is 1. The molecule has 0 radical (unpaired) electrons. The molecule has 3 nitrogen and oxygen atoms in total. The van der Waals surface area contributed by atoms with Gasteiger partial charge in [-0.3, -0.25) is 0 Å². The van der Waals surface area contributed by atoms with Crippen LogP contribution >= 0.6 is 11.3 Å². The molecule has 0 saturated heterocycles. The number of nitrogens with one attached hydrogen (secondary N) is 1. The Hall–Kier alpha value is -0.390. The fraction of sp³-hybridized carbons (Fsp3) is 0.556. The van der Waals surface area contributed by atoms with Gasteiger partial charge in [-0.15, -0.1) is 11.3 Å². The van der Waals surface area contributed by atoms with Crippen LogP contribution in [0.1, 0.15) is 23.6 Å². The average molecular weight is 233 g/mol. The number of thiophene rings is 1. The largest absolute Gasteiger partial charge is 0.214 e. The van der Waals surface area contributed by atoms with Gasteiger partial charge in [0.05, 0.1) is 5.25 Å². The summed E-state index contributed by atoms with van der Waals surface area (Å²) in [6, 6.07) is 3.94. The monoisotopic (exact) mass is 233 g/mol. The second kappa shape index (κ2) is 4.42. The van der Waals surface area contributed by atoms with Gasteiger partial charge in [0.25, 0.3) is 0 Å². The van der Waals surface area contributed by atoms with Gasteiger partial charge in [0.15, 0.2) is 0 Å². The van der Waals surface area contributed by atoms with Crippen molar-refractivity contribution >= 4 is 21.4 Å². The Balaban J connectivity index is 2.57. The first-order chi connectivity index (χ1) is 6.42. The van der Waals surface area contributed by atoms with Gasteiger partial charge in [0.1, 0.15) is 0 Å². The van der Waals surface area contributed by atoms with Crippen molar-refractivity contribution in [1.82, 2.24) is 4.72 Å². The normalized spacial score (nSPS) is 12.3. The molecule has 80 valence electrons. The fourth-order valence-electron chi connectivity index (χ4n) is 0.919. The van der Waals surface area contributed by atoms with E-state index in [4.69, 9.17) is 0 Å². The van der Waals surface area contributed by atoms with Gasteiger partial charge >= 0.3 is 0 Å². The highest BCUT2D eigenvalue weighted by Crippen LogP contribution is 2.15. The summed E-state index contributed by atoms with van der Waals surface area (Å²) in [5.74, 6) is 0. The molecule has 1 aromatic heterocycles. The third-order valence-corrected chi connectivity index (χ3v) is 4.65. The molecule has 5 heteroatoms. The highest BCUT2D eigenvalue weighted by atomic mass is 32.2. The van der Waals surface area contributed by atoms with Gasteiger partial charge in [-0.05, 0) is 32.9 Å². The smallest absolute Gasteiger partial charge is 0.212 e. The Labute approximate surface area is 89.2 Å². The van der Waals surface area contributed by atoms with E-state index in [1.54, 1.807) is 25.2 Å². The lowest BCUT2D eigenvalue weighted by atomic mass is 10.4. The van der Waals surface area contributed by atoms with E-state index in [9.17, 15) is 8.42 Å². The maximum absolute atomic E-state index is 11.4. The van der Waals surface area contributed by atoms with Crippen LogP contribution < -0.4 is 4.72 Å². The van der Waals surface area contributed by atoms with E-state index in [0.29, 0.717) is 6.54 Å². The molecule has 0 atom stereocenters. The summed E-state index contributed by atoms with van der Waals surface area (Å²) in [4.78, 5) is 2.25. The molecule has 0 bridgehead atoms. The van der Waals surface area contributed by atoms with Crippen LogP contribution in [0, 0.1) is 6.92 Å². The summed E-state index contributed by atoms with van der Waals surface area (Å²) in [5.41, 5.74) is 0. The van der Waals surface area contributed by atoms with E-state index < -0.39 is 10.0 Å². The van der Waals surface area contributed by atoms with Crippen LogP contribution in [0.2, 0.25) is 0 Å². The van der Waals surface area contributed by atoms with Crippen LogP contribution in [0.25, 0.3) is 0 Å². The predicted molar refractivity (Wildman–Crippen MR) is 60.0 cm³/mol. The number of hydrogen-bond acceptors (Lipinski definition) is 3. The molecule has 1 N–H and O–H groups in total. The lowest BCUT2D eigenvalue weighted by Gasteiger charge is -2.07. The first-order valence-electron chi connectivity index (χ1n) is 4.45. The SMILES string of the molecule is Cc1ccc(CNS(=O)(=O)C(C)C)s1. The summed E-state index contributed by atoms with van der Waals surface area (Å²) in [7, 11) is -3.13. The van der Waals surface area contributed by atoms with Gasteiger partial charge in [0.2, 0.25) is 10.0 Å². The van der Waals surface area contributed by atoms with Gasteiger partial charge < -0.3 is 0 Å². The van der Waals surface area contributed by atoms with Crippen molar-refractivity contribution in [3.8, 4) is 0 Å². The third-order valence-electron chi connectivity index (χ3n) is 1.86. The van der Waals surface area contributed by atoms with Crippen molar-refractivity contribution < 1.29 is 8.42 Å². The van der Waals surface area contributed by atoms with Crippen LogP contribution in [-0.4, -0.2) is 13.7 Å². The molecule has 0 unspecified atom stereocenters. The molecule has 14 heavy (non-hydrogen) atoms. The summed E-state index contributed by atoms with van der Waals surface area (Å²) in [5, 5.41) is -0.372. The molecule has 0 fully saturated rings. The van der Waals surface area contributed by atoms with E-state index in [-0.39, 0.29) is 5.25 Å². The number of rotatable bonds is 4. The summed E-state index contributed by atoms with van der Waals surface area (Å²) >= 11 is 1.61. The molecular formula is C9H15NO2S2. The van der Waals surface area contributed by atoms with Crippen LogP contribution in [0.5, 0.6) is 0 Å². The van der Waals surface area contributed by atoms with E-state index in [1.807, 2.05) is 19.1 Å². The molecule has 1 rings (SSSR count). The molecule has 0 saturated carbocycles. The standard InChI is InChI=1S/C9H15NO2S2/c1-7(2)14(11,12)10-6-9-5-4-8(3)13-9/h4-5,7,10H,6H2,1-3H3. The topological polar surface area (TPSA) is 46.2 Å². The van der Waals surface area contributed by atoms with Crippen molar-refractivity contribution in [2.45, 2.75) is 32.6 Å². The summed E-state index contributed by atoms with van der Waals surface area (Å²) in [6.45, 7) is 5.74. The molecule has 0 aromatic carbocycles. The zero-order chi connectivity index (χ0) is 10.8. The molecule has 1 aromatic rings. The van der Waals surface area contributed by atoms with Gasteiger partial charge in [-0.25, -0.2) is 13.1 Å². The Morgan fingerprint density at radius 1 is 1.43 bits per heavy atom. The minimum Gasteiger partial charge on any atom is -0.212 e. The Kier molecular flexibility index (Phi) is 3.69. The van der Waals surface area contributed by atoms with Crippen LogP contribution in [0.15, 0.2) is 12.1 Å². The Bertz CT molecular complexity index is 393. The van der Waals surface area contributed by atoms with Crippen molar-refractivity contribution in [1.29, 1.82) is 0 Å². The molecule has 0 spiro atoms. The quantitative estimate of drug-likeness (QED) is 0.863. The van der Waals surface area contributed by atoms with Crippen LogP contribution in [-0.2, 0) is 16.6 Å². The van der Waals surface area contributed by atoms with E-state index in [1.165, 1.54) is 4.88 Å². The highest BCUT2D eigenvalue weighted by molar-refractivity contribution is 7.90. The van der Waals surface area contributed by atoms with Crippen LogP contribution in [0.4, 0.5) is 0 Å². The average Bonchev–Trinajstić information content (AvgIpc) is 2.48. The van der Waals surface area contributed by atoms with Crippen LogP contribution in [0.3, 0.4) is 0 Å². The zero-order valence-corrected chi connectivity index (χ0v) is 10.2. The highest BCUT2D eigenvalue weighted by Gasteiger charge is 2.14. The summed E-state index contributed by atoms with van der Waals surface area (Å²) in [6.07, 6.45) is 0. The lowest BCUT2D eigenvalue weighted by molar-refractivity contribution is 0.572. The van der Waals surface area contributed by atoms with Crippen molar-refractivity contribution in [3.63, 3.8) is 0 Å². The first kappa shape index (κ1) is 11.7. The molecule has 0 aliphatic rings. The summed E-state index contributed by atoms with van der Waals surface area (Å²) < 4.78 is 25.4. The molecule has 0 aliphatic carbocycles. The van der Waals surface area contributed by atoms with E-state index in [2.05, 4.69) is 4.72 Å². The number of hydrogen-bond donors (Lipinski definition) is 1. The van der Waals surface area contributed by atoms with Crippen molar-refractivity contribution in [3.05, 3.63) is 21.9 Å². The maximum atomic E-state index is 11.4. The van der Waals surface area contributed by atoms with Gasteiger partial charge in [-0.2, -0.15) is 0 Å².